The van der Waals surface area contributed by atoms with Gasteiger partial charge in [-0.25, -0.2) is 0 Å². The molecule has 0 bridgehead atoms. The SMILES string of the molecule is COC(C)C(=O)NC1CCc2cc(N)ccc21. The normalized spacial score (nSPS) is 19.8. The first-order valence-corrected chi connectivity index (χ1v) is 5.83. The van der Waals surface area contributed by atoms with Crippen molar-refractivity contribution in [1.82, 2.24) is 5.32 Å². The van der Waals surface area contributed by atoms with E-state index >= 15 is 0 Å². The average molecular weight is 234 g/mol. The van der Waals surface area contributed by atoms with E-state index in [0.717, 1.165) is 18.5 Å². The highest BCUT2D eigenvalue weighted by Gasteiger charge is 2.25. The smallest absolute Gasteiger partial charge is 0.249 e. The Hall–Kier alpha value is -1.55. The van der Waals surface area contributed by atoms with Gasteiger partial charge in [-0.2, -0.15) is 0 Å². The third kappa shape index (κ3) is 2.42. The second-order valence-electron chi connectivity index (χ2n) is 4.44. The maximum atomic E-state index is 11.7. The van der Waals surface area contributed by atoms with Crippen molar-refractivity contribution in [1.29, 1.82) is 0 Å². The van der Waals surface area contributed by atoms with Crippen LogP contribution in [0.25, 0.3) is 0 Å². The maximum absolute atomic E-state index is 11.7. The van der Waals surface area contributed by atoms with Gasteiger partial charge in [0.05, 0.1) is 6.04 Å². The molecule has 0 fully saturated rings. The number of aryl methyl sites for hydroxylation is 1. The fourth-order valence-electron chi connectivity index (χ4n) is 2.18. The van der Waals surface area contributed by atoms with Crippen LogP contribution >= 0.6 is 0 Å². The van der Waals surface area contributed by atoms with Crippen LogP contribution in [-0.4, -0.2) is 19.1 Å². The molecule has 0 saturated heterocycles. The van der Waals surface area contributed by atoms with Gasteiger partial charge < -0.3 is 15.8 Å². The number of nitrogen functional groups attached to an aromatic ring is 1. The van der Waals surface area contributed by atoms with E-state index in [0.29, 0.717) is 0 Å². The zero-order valence-electron chi connectivity index (χ0n) is 10.2. The van der Waals surface area contributed by atoms with Crippen molar-refractivity contribution in [2.24, 2.45) is 0 Å². The predicted molar refractivity (Wildman–Crippen MR) is 66.5 cm³/mol. The Morgan fingerprint density at radius 3 is 3.06 bits per heavy atom. The van der Waals surface area contributed by atoms with Crippen LogP contribution in [0.4, 0.5) is 5.69 Å². The zero-order valence-corrected chi connectivity index (χ0v) is 10.2. The van der Waals surface area contributed by atoms with Crippen LogP contribution < -0.4 is 11.1 Å². The first-order chi connectivity index (χ1) is 8.11. The number of amides is 1. The van der Waals surface area contributed by atoms with Gasteiger partial charge in [0, 0.05) is 12.8 Å². The Kier molecular flexibility index (Phi) is 3.33. The lowest BCUT2D eigenvalue weighted by Crippen LogP contribution is -2.35. The van der Waals surface area contributed by atoms with Gasteiger partial charge in [-0.15, -0.1) is 0 Å². The van der Waals surface area contributed by atoms with E-state index in [9.17, 15) is 4.79 Å². The monoisotopic (exact) mass is 234 g/mol. The van der Waals surface area contributed by atoms with Gasteiger partial charge in [0.15, 0.2) is 0 Å². The van der Waals surface area contributed by atoms with Crippen LogP contribution in [-0.2, 0) is 16.0 Å². The van der Waals surface area contributed by atoms with Crippen LogP contribution in [0.15, 0.2) is 18.2 Å². The first kappa shape index (κ1) is 11.9. The van der Waals surface area contributed by atoms with Gasteiger partial charge >= 0.3 is 0 Å². The summed E-state index contributed by atoms with van der Waals surface area (Å²) in [6, 6.07) is 5.96. The van der Waals surface area contributed by atoms with Crippen molar-refractivity contribution < 1.29 is 9.53 Å². The van der Waals surface area contributed by atoms with Crippen LogP contribution in [0.1, 0.15) is 30.5 Å². The molecule has 2 atom stereocenters. The summed E-state index contributed by atoms with van der Waals surface area (Å²) in [5.41, 5.74) is 8.93. The fourth-order valence-corrected chi connectivity index (χ4v) is 2.18. The second kappa shape index (κ2) is 4.75. The Labute approximate surface area is 101 Å². The van der Waals surface area contributed by atoms with Gasteiger partial charge in [-0.1, -0.05) is 6.07 Å². The number of hydrogen-bond donors (Lipinski definition) is 2. The number of rotatable bonds is 3. The molecule has 2 rings (SSSR count). The number of carbonyl (C=O) groups is 1. The standard InChI is InChI=1S/C13H18N2O2/c1-8(17-2)13(16)15-12-6-3-9-7-10(14)4-5-11(9)12/h4-5,7-8,12H,3,6,14H2,1-2H3,(H,15,16). The molecule has 17 heavy (non-hydrogen) atoms. The minimum Gasteiger partial charge on any atom is -0.399 e. The average Bonchev–Trinajstić information content (AvgIpc) is 2.70. The summed E-state index contributed by atoms with van der Waals surface area (Å²) >= 11 is 0. The summed E-state index contributed by atoms with van der Waals surface area (Å²) in [4.78, 5) is 11.7. The van der Waals surface area contributed by atoms with E-state index in [2.05, 4.69) is 5.32 Å². The molecule has 2 unspecified atom stereocenters. The maximum Gasteiger partial charge on any atom is 0.249 e. The third-order valence-corrected chi connectivity index (χ3v) is 3.28. The molecule has 0 spiro atoms. The lowest BCUT2D eigenvalue weighted by molar-refractivity contribution is -0.130. The van der Waals surface area contributed by atoms with E-state index in [1.54, 1.807) is 6.92 Å². The van der Waals surface area contributed by atoms with Gasteiger partial charge in [-0.05, 0) is 43.0 Å². The molecule has 3 N–H and O–H groups in total. The summed E-state index contributed by atoms with van der Waals surface area (Å²) in [5.74, 6) is -0.0674. The molecule has 1 aromatic rings. The molecule has 0 saturated carbocycles. The number of fused-ring (bicyclic) bond motifs is 1. The van der Waals surface area contributed by atoms with Gasteiger partial charge in [0.2, 0.25) is 5.91 Å². The number of anilines is 1. The minimum absolute atomic E-state index is 0.0674. The van der Waals surface area contributed by atoms with Crippen LogP contribution in [0.2, 0.25) is 0 Å². The number of methoxy groups -OCH3 is 1. The summed E-state index contributed by atoms with van der Waals surface area (Å²) < 4.78 is 5.00. The molecule has 0 heterocycles. The summed E-state index contributed by atoms with van der Waals surface area (Å²) in [5, 5.41) is 3.00. The molecule has 4 heteroatoms. The molecule has 1 aromatic carbocycles. The van der Waals surface area contributed by atoms with Gasteiger partial charge in [0.1, 0.15) is 6.10 Å². The van der Waals surface area contributed by atoms with Gasteiger partial charge in [-0.3, -0.25) is 4.79 Å². The summed E-state index contributed by atoms with van der Waals surface area (Å²) in [6.45, 7) is 1.74. The third-order valence-electron chi connectivity index (χ3n) is 3.28. The molecule has 0 aliphatic heterocycles. The van der Waals surface area contributed by atoms with Crippen molar-refractivity contribution in [2.75, 3.05) is 12.8 Å². The van der Waals surface area contributed by atoms with E-state index in [1.165, 1.54) is 18.2 Å². The molecular weight excluding hydrogens is 216 g/mol. The number of hydrogen-bond acceptors (Lipinski definition) is 3. The Bertz CT molecular complexity index is 431. The minimum atomic E-state index is -0.409. The number of ether oxygens (including phenoxy) is 1. The van der Waals surface area contributed by atoms with E-state index in [1.807, 2.05) is 18.2 Å². The number of nitrogens with two attached hydrogens (primary N) is 1. The van der Waals surface area contributed by atoms with Crippen LogP contribution in [0, 0.1) is 0 Å². The quantitative estimate of drug-likeness (QED) is 0.777. The molecule has 4 nitrogen and oxygen atoms in total. The number of carbonyl (C=O) groups excluding carboxylic acids is 1. The van der Waals surface area contributed by atoms with E-state index in [4.69, 9.17) is 10.5 Å². The fraction of sp³-hybridized carbons (Fsp3) is 0.462. The lowest BCUT2D eigenvalue weighted by Gasteiger charge is -2.17. The number of benzene rings is 1. The highest BCUT2D eigenvalue weighted by molar-refractivity contribution is 5.81. The molecule has 0 aromatic heterocycles. The molecule has 1 aliphatic carbocycles. The molecule has 0 radical (unpaired) electrons. The highest BCUT2D eigenvalue weighted by Crippen LogP contribution is 2.32. The van der Waals surface area contributed by atoms with Crippen molar-refractivity contribution >= 4 is 11.6 Å². The van der Waals surface area contributed by atoms with Crippen molar-refractivity contribution in [3.63, 3.8) is 0 Å². The summed E-state index contributed by atoms with van der Waals surface area (Å²) in [7, 11) is 1.54. The lowest BCUT2D eigenvalue weighted by atomic mass is 10.1. The first-order valence-electron chi connectivity index (χ1n) is 5.83. The highest BCUT2D eigenvalue weighted by atomic mass is 16.5. The van der Waals surface area contributed by atoms with E-state index in [-0.39, 0.29) is 11.9 Å². The zero-order chi connectivity index (χ0) is 12.4. The summed E-state index contributed by atoms with van der Waals surface area (Å²) in [6.07, 6.45) is 1.49. The second-order valence-corrected chi connectivity index (χ2v) is 4.44. The number of nitrogens with one attached hydrogen (secondary N) is 1. The Morgan fingerprint density at radius 1 is 1.59 bits per heavy atom. The van der Waals surface area contributed by atoms with Crippen LogP contribution in [0.3, 0.4) is 0 Å². The topological polar surface area (TPSA) is 64.3 Å². The Morgan fingerprint density at radius 2 is 2.35 bits per heavy atom. The molecule has 1 amide bonds. The van der Waals surface area contributed by atoms with Crippen molar-refractivity contribution in [3.05, 3.63) is 29.3 Å². The van der Waals surface area contributed by atoms with Crippen molar-refractivity contribution in [2.45, 2.75) is 31.9 Å². The van der Waals surface area contributed by atoms with E-state index < -0.39 is 6.10 Å². The Balaban J connectivity index is 2.10. The largest absolute Gasteiger partial charge is 0.399 e. The van der Waals surface area contributed by atoms with Gasteiger partial charge in [0.25, 0.3) is 0 Å². The molecule has 1 aliphatic rings. The van der Waals surface area contributed by atoms with Crippen molar-refractivity contribution in [3.8, 4) is 0 Å². The molecular formula is C13H18N2O2. The molecule has 92 valence electrons. The predicted octanol–water partition coefficient (Wildman–Crippen LogP) is 1.41. The van der Waals surface area contributed by atoms with Crippen LogP contribution in [0.5, 0.6) is 0 Å².